The summed E-state index contributed by atoms with van der Waals surface area (Å²) in [4.78, 5) is 11.0. The maximum atomic E-state index is 11.0. The van der Waals surface area contributed by atoms with Crippen molar-refractivity contribution in [2.45, 2.75) is 6.92 Å². The van der Waals surface area contributed by atoms with Crippen LogP contribution < -0.4 is 4.74 Å². The molecule has 17 heavy (non-hydrogen) atoms. The maximum Gasteiger partial charge on any atom is 0.337 e. The summed E-state index contributed by atoms with van der Waals surface area (Å²) in [6.07, 6.45) is 0. The molecule has 0 saturated heterocycles. The lowest BCUT2D eigenvalue weighted by atomic mass is 10.0. The number of hydrogen-bond donors (Lipinski definition) is 1. The van der Waals surface area contributed by atoms with Gasteiger partial charge in [-0.05, 0) is 35.6 Å². The fourth-order valence-electron chi connectivity index (χ4n) is 1.73. The van der Waals surface area contributed by atoms with Crippen molar-refractivity contribution in [2.75, 3.05) is 7.11 Å². The van der Waals surface area contributed by atoms with Crippen LogP contribution >= 0.6 is 11.3 Å². The van der Waals surface area contributed by atoms with E-state index in [-0.39, 0.29) is 0 Å². The Bertz CT molecular complexity index is 558. The molecule has 0 aliphatic heterocycles. The van der Waals surface area contributed by atoms with E-state index in [1.54, 1.807) is 12.5 Å². The monoisotopic (exact) mass is 248 g/mol. The molecule has 0 unspecified atom stereocenters. The van der Waals surface area contributed by atoms with E-state index in [2.05, 4.69) is 0 Å². The van der Waals surface area contributed by atoms with Crippen LogP contribution in [0.2, 0.25) is 0 Å². The van der Waals surface area contributed by atoms with Crippen LogP contribution in [-0.4, -0.2) is 18.2 Å². The van der Waals surface area contributed by atoms with Gasteiger partial charge in [0.2, 0.25) is 0 Å². The number of carboxylic acid groups (broad SMARTS) is 1. The molecule has 1 heterocycles. The summed E-state index contributed by atoms with van der Waals surface area (Å²) in [5.74, 6) is -0.0874. The van der Waals surface area contributed by atoms with Crippen LogP contribution in [0.1, 0.15) is 15.9 Å². The van der Waals surface area contributed by atoms with Gasteiger partial charge < -0.3 is 9.84 Å². The van der Waals surface area contributed by atoms with E-state index >= 15 is 0 Å². The maximum absolute atomic E-state index is 11.0. The number of carboxylic acids is 1. The second-order valence-corrected chi connectivity index (χ2v) is 4.43. The topological polar surface area (TPSA) is 46.5 Å². The zero-order valence-electron chi connectivity index (χ0n) is 9.56. The first-order valence-electron chi connectivity index (χ1n) is 5.08. The van der Waals surface area contributed by atoms with Gasteiger partial charge in [-0.3, -0.25) is 0 Å². The highest BCUT2D eigenvalue weighted by Crippen LogP contribution is 2.30. The Balaban J connectivity index is 2.50. The molecule has 0 aliphatic rings. The smallest absolute Gasteiger partial charge is 0.337 e. The average molecular weight is 248 g/mol. The van der Waals surface area contributed by atoms with Crippen molar-refractivity contribution in [3.8, 4) is 16.9 Å². The molecule has 2 aromatic rings. The first kappa shape index (κ1) is 11.7. The van der Waals surface area contributed by atoms with E-state index < -0.39 is 5.97 Å². The number of hydrogen-bond acceptors (Lipinski definition) is 3. The number of rotatable bonds is 3. The third-order valence-electron chi connectivity index (χ3n) is 2.60. The molecule has 1 aromatic carbocycles. The van der Waals surface area contributed by atoms with Gasteiger partial charge in [0.05, 0.1) is 12.7 Å². The first-order chi connectivity index (χ1) is 8.13. The van der Waals surface area contributed by atoms with Gasteiger partial charge >= 0.3 is 5.97 Å². The Morgan fingerprint density at radius 3 is 2.71 bits per heavy atom. The van der Waals surface area contributed by atoms with Crippen molar-refractivity contribution in [3.63, 3.8) is 0 Å². The van der Waals surface area contributed by atoms with Gasteiger partial charge in [-0.15, -0.1) is 0 Å². The number of benzene rings is 1. The molecular formula is C13H12O3S. The van der Waals surface area contributed by atoms with Crippen LogP contribution in [0.3, 0.4) is 0 Å². The zero-order valence-corrected chi connectivity index (χ0v) is 10.4. The SMILES string of the molecule is COc1ccc(-c2cscc2C(=O)O)cc1C. The summed E-state index contributed by atoms with van der Waals surface area (Å²) in [5.41, 5.74) is 3.00. The van der Waals surface area contributed by atoms with Crippen molar-refractivity contribution < 1.29 is 14.6 Å². The molecule has 2 rings (SSSR count). The fourth-order valence-corrected chi connectivity index (χ4v) is 2.56. The van der Waals surface area contributed by atoms with Crippen LogP contribution in [0.25, 0.3) is 11.1 Å². The highest BCUT2D eigenvalue weighted by atomic mass is 32.1. The third-order valence-corrected chi connectivity index (χ3v) is 3.34. The van der Waals surface area contributed by atoms with Crippen molar-refractivity contribution in [1.29, 1.82) is 0 Å². The van der Waals surface area contributed by atoms with Crippen molar-refractivity contribution >= 4 is 17.3 Å². The zero-order chi connectivity index (χ0) is 12.4. The van der Waals surface area contributed by atoms with E-state index in [1.807, 2.05) is 30.5 Å². The Morgan fingerprint density at radius 2 is 2.12 bits per heavy atom. The summed E-state index contributed by atoms with van der Waals surface area (Å²) >= 11 is 1.39. The minimum Gasteiger partial charge on any atom is -0.496 e. The van der Waals surface area contributed by atoms with Crippen LogP contribution in [0, 0.1) is 6.92 Å². The molecule has 1 aromatic heterocycles. The summed E-state index contributed by atoms with van der Waals surface area (Å²) in [5, 5.41) is 12.6. The minimum atomic E-state index is -0.894. The van der Waals surface area contributed by atoms with E-state index in [0.29, 0.717) is 5.56 Å². The summed E-state index contributed by atoms with van der Waals surface area (Å²) in [6, 6.07) is 5.67. The van der Waals surface area contributed by atoms with E-state index in [1.165, 1.54) is 11.3 Å². The molecule has 4 heteroatoms. The van der Waals surface area contributed by atoms with Crippen molar-refractivity contribution in [3.05, 3.63) is 40.1 Å². The molecule has 1 N–H and O–H groups in total. The second kappa shape index (κ2) is 4.59. The van der Waals surface area contributed by atoms with E-state index in [4.69, 9.17) is 9.84 Å². The molecule has 0 bridgehead atoms. The Hall–Kier alpha value is -1.81. The van der Waals surface area contributed by atoms with Crippen LogP contribution in [-0.2, 0) is 0 Å². The number of carbonyl (C=O) groups is 1. The van der Waals surface area contributed by atoms with Crippen molar-refractivity contribution in [2.24, 2.45) is 0 Å². The number of aromatic carboxylic acids is 1. The van der Waals surface area contributed by atoms with Crippen LogP contribution in [0.5, 0.6) is 5.75 Å². The largest absolute Gasteiger partial charge is 0.496 e. The Labute approximate surface area is 103 Å². The third kappa shape index (κ3) is 2.17. The molecule has 0 spiro atoms. The number of thiophene rings is 1. The molecule has 0 amide bonds. The molecule has 0 saturated carbocycles. The lowest BCUT2D eigenvalue weighted by molar-refractivity contribution is 0.0698. The van der Waals surface area contributed by atoms with Gasteiger partial charge in [-0.1, -0.05) is 6.07 Å². The van der Waals surface area contributed by atoms with Crippen molar-refractivity contribution in [1.82, 2.24) is 0 Å². The summed E-state index contributed by atoms with van der Waals surface area (Å²) in [6.45, 7) is 1.94. The van der Waals surface area contributed by atoms with Gasteiger partial charge in [0.25, 0.3) is 0 Å². The highest BCUT2D eigenvalue weighted by Gasteiger charge is 2.13. The first-order valence-corrected chi connectivity index (χ1v) is 6.02. The fraction of sp³-hybridized carbons (Fsp3) is 0.154. The van der Waals surface area contributed by atoms with Gasteiger partial charge in [-0.2, -0.15) is 11.3 Å². The second-order valence-electron chi connectivity index (χ2n) is 3.69. The Kier molecular flexibility index (Phi) is 3.15. The molecule has 3 nitrogen and oxygen atoms in total. The summed E-state index contributed by atoms with van der Waals surface area (Å²) < 4.78 is 5.18. The van der Waals surface area contributed by atoms with Gasteiger partial charge in [0, 0.05) is 10.9 Å². The molecule has 0 fully saturated rings. The predicted octanol–water partition coefficient (Wildman–Crippen LogP) is 3.43. The lowest BCUT2D eigenvalue weighted by Gasteiger charge is -2.07. The standard InChI is InChI=1S/C13H12O3S/c1-8-5-9(3-4-12(8)16-2)10-6-17-7-11(10)13(14)15/h3-7H,1-2H3,(H,14,15). The number of methoxy groups -OCH3 is 1. The number of ether oxygens (including phenoxy) is 1. The van der Waals surface area contributed by atoms with Gasteiger partial charge in [-0.25, -0.2) is 4.79 Å². The molecule has 0 atom stereocenters. The van der Waals surface area contributed by atoms with Gasteiger partial charge in [0.15, 0.2) is 0 Å². The minimum absolute atomic E-state index is 0.347. The van der Waals surface area contributed by atoms with Gasteiger partial charge in [0.1, 0.15) is 5.75 Å². The van der Waals surface area contributed by atoms with Crippen LogP contribution in [0.4, 0.5) is 0 Å². The van der Waals surface area contributed by atoms with E-state index in [9.17, 15) is 4.79 Å². The molecule has 0 radical (unpaired) electrons. The quantitative estimate of drug-likeness (QED) is 0.905. The Morgan fingerprint density at radius 1 is 1.35 bits per heavy atom. The normalized spacial score (nSPS) is 10.2. The molecule has 0 aliphatic carbocycles. The van der Waals surface area contributed by atoms with Crippen LogP contribution in [0.15, 0.2) is 29.0 Å². The molecular weight excluding hydrogens is 236 g/mol. The number of aryl methyl sites for hydroxylation is 1. The summed E-state index contributed by atoms with van der Waals surface area (Å²) in [7, 11) is 1.62. The average Bonchev–Trinajstić information content (AvgIpc) is 2.77. The lowest BCUT2D eigenvalue weighted by Crippen LogP contribution is -1.96. The molecule has 88 valence electrons. The predicted molar refractivity (Wildman–Crippen MR) is 68.0 cm³/mol. The highest BCUT2D eigenvalue weighted by molar-refractivity contribution is 7.08. The van der Waals surface area contributed by atoms with E-state index in [0.717, 1.165) is 22.4 Å².